The maximum Gasteiger partial charge on any atom is 0.322 e. The van der Waals surface area contributed by atoms with Crippen LogP contribution < -0.4 is 10.5 Å². The molecule has 2 N–H and O–H groups in total. The van der Waals surface area contributed by atoms with E-state index in [1.54, 1.807) is 6.07 Å². The van der Waals surface area contributed by atoms with Crippen LogP contribution >= 0.6 is 12.4 Å². The second-order valence-electron chi connectivity index (χ2n) is 3.30. The van der Waals surface area contributed by atoms with E-state index in [-0.39, 0.29) is 24.6 Å². The van der Waals surface area contributed by atoms with Gasteiger partial charge in [0.15, 0.2) is 11.6 Å². The molecular formula is C11H15ClFNO3. The molecule has 6 heteroatoms. The van der Waals surface area contributed by atoms with Crippen molar-refractivity contribution < 1.29 is 18.7 Å². The Balaban J connectivity index is 0.00000256. The van der Waals surface area contributed by atoms with Crippen molar-refractivity contribution in [3.63, 3.8) is 0 Å². The topological polar surface area (TPSA) is 61.5 Å². The molecular weight excluding hydrogens is 249 g/mol. The van der Waals surface area contributed by atoms with Crippen molar-refractivity contribution in [3.8, 4) is 5.75 Å². The molecule has 1 atom stereocenters. The summed E-state index contributed by atoms with van der Waals surface area (Å²) in [5.41, 5.74) is 6.30. The van der Waals surface area contributed by atoms with E-state index in [1.807, 2.05) is 0 Å². The number of carbonyl (C=O) groups is 1. The van der Waals surface area contributed by atoms with Crippen LogP contribution in [0.5, 0.6) is 5.75 Å². The molecule has 0 aliphatic heterocycles. The van der Waals surface area contributed by atoms with Crippen LogP contribution in [0.4, 0.5) is 4.39 Å². The van der Waals surface area contributed by atoms with E-state index in [1.165, 1.54) is 26.4 Å². The van der Waals surface area contributed by atoms with Crippen LogP contribution in [0, 0.1) is 5.82 Å². The van der Waals surface area contributed by atoms with Gasteiger partial charge in [0.05, 0.1) is 14.2 Å². The Morgan fingerprint density at radius 1 is 1.47 bits per heavy atom. The standard InChI is InChI=1S/C11H14FNO3.ClH/c1-15-10-6-7(3-4-8(10)12)5-9(13)11(14)16-2;/h3-4,6,9H,5,13H2,1-2H3;1H/t9-;/m1./s1. The number of nitrogens with two attached hydrogens (primary N) is 1. The summed E-state index contributed by atoms with van der Waals surface area (Å²) in [4.78, 5) is 11.1. The molecule has 0 saturated carbocycles. The third-order valence-corrected chi connectivity index (χ3v) is 2.18. The van der Waals surface area contributed by atoms with Crippen LogP contribution in [0.15, 0.2) is 18.2 Å². The fourth-order valence-electron chi connectivity index (χ4n) is 1.32. The molecule has 17 heavy (non-hydrogen) atoms. The summed E-state index contributed by atoms with van der Waals surface area (Å²) in [5.74, 6) is -0.809. The van der Waals surface area contributed by atoms with Crippen molar-refractivity contribution in [1.29, 1.82) is 0 Å². The van der Waals surface area contributed by atoms with Gasteiger partial charge >= 0.3 is 5.97 Å². The van der Waals surface area contributed by atoms with Gasteiger partial charge in [0, 0.05) is 0 Å². The lowest BCUT2D eigenvalue weighted by Crippen LogP contribution is -2.33. The fourth-order valence-corrected chi connectivity index (χ4v) is 1.32. The highest BCUT2D eigenvalue weighted by Crippen LogP contribution is 2.18. The molecule has 0 unspecified atom stereocenters. The molecule has 4 nitrogen and oxygen atoms in total. The van der Waals surface area contributed by atoms with Crippen LogP contribution in [0.1, 0.15) is 5.56 Å². The summed E-state index contributed by atoms with van der Waals surface area (Å²) in [6.07, 6.45) is 0.281. The van der Waals surface area contributed by atoms with E-state index in [9.17, 15) is 9.18 Å². The SMILES string of the molecule is COC(=O)[C@H](N)Cc1ccc(F)c(OC)c1.Cl. The molecule has 0 amide bonds. The maximum atomic E-state index is 13.1. The number of hydrogen-bond donors (Lipinski definition) is 1. The van der Waals surface area contributed by atoms with Crippen LogP contribution in [0.2, 0.25) is 0 Å². The summed E-state index contributed by atoms with van der Waals surface area (Å²) in [6, 6.07) is 3.59. The summed E-state index contributed by atoms with van der Waals surface area (Å²) in [5, 5.41) is 0. The van der Waals surface area contributed by atoms with Crippen molar-refractivity contribution in [2.24, 2.45) is 5.73 Å². The van der Waals surface area contributed by atoms with Crippen LogP contribution in [-0.2, 0) is 16.0 Å². The van der Waals surface area contributed by atoms with Crippen molar-refractivity contribution in [3.05, 3.63) is 29.6 Å². The second-order valence-corrected chi connectivity index (χ2v) is 3.30. The Labute approximate surface area is 105 Å². The van der Waals surface area contributed by atoms with Gasteiger partial charge in [0.25, 0.3) is 0 Å². The lowest BCUT2D eigenvalue weighted by Gasteiger charge is -2.10. The lowest BCUT2D eigenvalue weighted by atomic mass is 10.1. The Kier molecular flexibility index (Phi) is 6.53. The minimum atomic E-state index is -0.750. The molecule has 0 aromatic heterocycles. The van der Waals surface area contributed by atoms with Crippen molar-refractivity contribution in [1.82, 2.24) is 0 Å². The number of methoxy groups -OCH3 is 2. The van der Waals surface area contributed by atoms with E-state index in [2.05, 4.69) is 4.74 Å². The van der Waals surface area contributed by atoms with Gasteiger partial charge in [-0.25, -0.2) is 4.39 Å². The van der Waals surface area contributed by atoms with Crippen LogP contribution in [-0.4, -0.2) is 26.2 Å². The van der Waals surface area contributed by atoms with Gasteiger partial charge < -0.3 is 15.2 Å². The first-order valence-electron chi connectivity index (χ1n) is 4.74. The minimum Gasteiger partial charge on any atom is -0.494 e. The summed E-state index contributed by atoms with van der Waals surface area (Å²) in [6.45, 7) is 0. The van der Waals surface area contributed by atoms with Crippen molar-refractivity contribution in [2.75, 3.05) is 14.2 Å². The zero-order chi connectivity index (χ0) is 12.1. The Hall–Kier alpha value is -1.33. The van der Waals surface area contributed by atoms with E-state index in [0.29, 0.717) is 0 Å². The van der Waals surface area contributed by atoms with Crippen LogP contribution in [0.25, 0.3) is 0 Å². The molecule has 0 aliphatic rings. The molecule has 1 rings (SSSR count). The molecule has 0 bridgehead atoms. The smallest absolute Gasteiger partial charge is 0.322 e. The van der Waals surface area contributed by atoms with Gasteiger partial charge in [-0.15, -0.1) is 12.4 Å². The zero-order valence-electron chi connectivity index (χ0n) is 9.60. The normalized spacial score (nSPS) is 11.3. The highest BCUT2D eigenvalue weighted by molar-refractivity contribution is 5.85. The predicted molar refractivity (Wildman–Crippen MR) is 63.9 cm³/mol. The summed E-state index contributed by atoms with van der Waals surface area (Å²) < 4.78 is 22.4. The monoisotopic (exact) mass is 263 g/mol. The van der Waals surface area contributed by atoms with Gasteiger partial charge in [-0.1, -0.05) is 6.07 Å². The van der Waals surface area contributed by atoms with Crippen LogP contribution in [0.3, 0.4) is 0 Å². The van der Waals surface area contributed by atoms with E-state index < -0.39 is 17.8 Å². The molecule has 0 fully saturated rings. The highest BCUT2D eigenvalue weighted by Gasteiger charge is 2.15. The highest BCUT2D eigenvalue weighted by atomic mass is 35.5. The second kappa shape index (κ2) is 7.09. The van der Waals surface area contributed by atoms with Gasteiger partial charge in [0.1, 0.15) is 6.04 Å². The first-order valence-corrected chi connectivity index (χ1v) is 4.74. The summed E-state index contributed by atoms with van der Waals surface area (Å²) in [7, 11) is 2.65. The predicted octanol–water partition coefficient (Wildman–Crippen LogP) is 1.30. The minimum absolute atomic E-state index is 0. The quantitative estimate of drug-likeness (QED) is 0.832. The zero-order valence-corrected chi connectivity index (χ0v) is 10.4. The molecule has 0 spiro atoms. The first-order chi connectivity index (χ1) is 7.58. The third kappa shape index (κ3) is 4.20. The Morgan fingerprint density at radius 3 is 2.65 bits per heavy atom. The molecule has 0 radical (unpaired) electrons. The van der Waals surface area contributed by atoms with Crippen molar-refractivity contribution >= 4 is 18.4 Å². The molecule has 96 valence electrons. The van der Waals surface area contributed by atoms with Crippen molar-refractivity contribution in [2.45, 2.75) is 12.5 Å². The number of esters is 1. The molecule has 1 aromatic rings. The number of benzene rings is 1. The number of carbonyl (C=O) groups excluding carboxylic acids is 1. The van der Waals surface area contributed by atoms with E-state index in [0.717, 1.165) is 5.56 Å². The molecule has 0 aliphatic carbocycles. The van der Waals surface area contributed by atoms with Gasteiger partial charge in [0.2, 0.25) is 0 Å². The average molecular weight is 264 g/mol. The molecule has 0 heterocycles. The molecule has 0 saturated heterocycles. The number of rotatable bonds is 4. The number of ether oxygens (including phenoxy) is 2. The number of halogens is 2. The average Bonchev–Trinajstić information content (AvgIpc) is 2.30. The first kappa shape index (κ1) is 15.7. The number of hydrogen-bond acceptors (Lipinski definition) is 4. The fraction of sp³-hybridized carbons (Fsp3) is 0.364. The third-order valence-electron chi connectivity index (χ3n) is 2.18. The summed E-state index contributed by atoms with van der Waals surface area (Å²) >= 11 is 0. The van der Waals surface area contributed by atoms with Gasteiger partial charge in [-0.3, -0.25) is 4.79 Å². The lowest BCUT2D eigenvalue weighted by molar-refractivity contribution is -0.142. The van der Waals surface area contributed by atoms with E-state index in [4.69, 9.17) is 10.5 Å². The Morgan fingerprint density at radius 2 is 2.12 bits per heavy atom. The van der Waals surface area contributed by atoms with Gasteiger partial charge in [-0.2, -0.15) is 0 Å². The molecule has 1 aromatic carbocycles. The maximum absolute atomic E-state index is 13.1. The largest absolute Gasteiger partial charge is 0.494 e. The van der Waals surface area contributed by atoms with Gasteiger partial charge in [-0.05, 0) is 24.1 Å². The van der Waals surface area contributed by atoms with E-state index >= 15 is 0 Å². The Bertz CT molecular complexity index is 387.